The Labute approximate surface area is 169 Å². The summed E-state index contributed by atoms with van der Waals surface area (Å²) in [5.41, 5.74) is 1.80. The van der Waals surface area contributed by atoms with Gasteiger partial charge < -0.3 is 9.73 Å². The van der Waals surface area contributed by atoms with Crippen LogP contribution in [0.15, 0.2) is 69.4 Å². The minimum absolute atomic E-state index is 0.258. The summed E-state index contributed by atoms with van der Waals surface area (Å²) in [5, 5.41) is 13.6. The maximum atomic E-state index is 13.1. The summed E-state index contributed by atoms with van der Waals surface area (Å²) in [7, 11) is 0. The fourth-order valence-electron chi connectivity index (χ4n) is 3.20. The Bertz CT molecular complexity index is 911. The monoisotopic (exact) mass is 393 g/mol. The molecule has 2 aromatic rings. The lowest BCUT2D eigenvalue weighted by atomic mass is 9.81. The molecule has 28 heavy (non-hydrogen) atoms. The summed E-state index contributed by atoms with van der Waals surface area (Å²) >= 11 is 1.60. The zero-order valence-electron chi connectivity index (χ0n) is 16.0. The van der Waals surface area contributed by atoms with Gasteiger partial charge in [0.1, 0.15) is 11.7 Å². The number of furan rings is 1. The third kappa shape index (κ3) is 4.37. The molecular formula is C22H23N3O2S. The van der Waals surface area contributed by atoms with Gasteiger partial charge in [-0.25, -0.2) is 4.99 Å². The maximum absolute atomic E-state index is 13.1. The first-order valence-corrected chi connectivity index (χ1v) is 10.4. The molecule has 1 unspecified atom stereocenters. The highest BCUT2D eigenvalue weighted by atomic mass is 32.2. The van der Waals surface area contributed by atoms with Crippen LogP contribution in [0, 0.1) is 17.2 Å². The highest BCUT2D eigenvalue weighted by molar-refractivity contribution is 8.14. The number of unbranched alkanes of at least 4 members (excludes halogenated alkanes) is 1. The third-order valence-corrected chi connectivity index (χ3v) is 5.72. The normalized spacial score (nSPS) is 19.1. The molecule has 0 bridgehead atoms. The number of hydrogen-bond donors (Lipinski definition) is 1. The number of hydrogen-bond acceptors (Lipinski definition) is 5. The molecule has 144 valence electrons. The Morgan fingerprint density at radius 2 is 2.07 bits per heavy atom. The van der Waals surface area contributed by atoms with Gasteiger partial charge in [0.05, 0.1) is 28.9 Å². The molecule has 1 aromatic heterocycles. The van der Waals surface area contributed by atoms with Gasteiger partial charge in [0, 0.05) is 11.4 Å². The number of para-hydroxylation sites is 1. The van der Waals surface area contributed by atoms with E-state index in [2.05, 4.69) is 23.3 Å². The fraction of sp³-hybridized carbons (Fsp3) is 0.318. The molecule has 0 saturated carbocycles. The molecule has 1 N–H and O–H groups in total. The van der Waals surface area contributed by atoms with Crippen molar-refractivity contribution in [3.8, 4) is 6.07 Å². The van der Waals surface area contributed by atoms with Crippen LogP contribution < -0.4 is 5.32 Å². The van der Waals surface area contributed by atoms with E-state index >= 15 is 0 Å². The zero-order valence-corrected chi connectivity index (χ0v) is 16.8. The number of benzene rings is 1. The quantitative estimate of drug-likeness (QED) is 0.670. The number of nitrogens with zero attached hydrogens (tertiary/aromatic N) is 2. The summed E-state index contributed by atoms with van der Waals surface area (Å²) in [6.07, 6.45) is 3.71. The van der Waals surface area contributed by atoms with Crippen LogP contribution in [0.4, 0.5) is 5.69 Å². The Hall–Kier alpha value is -2.78. The second-order valence-electron chi connectivity index (χ2n) is 6.57. The van der Waals surface area contributed by atoms with Crippen LogP contribution in [0.1, 0.15) is 38.4 Å². The van der Waals surface area contributed by atoms with Crippen LogP contribution in [-0.4, -0.2) is 16.7 Å². The van der Waals surface area contributed by atoms with Crippen LogP contribution in [0.5, 0.6) is 0 Å². The molecular weight excluding hydrogens is 370 g/mol. The lowest BCUT2D eigenvalue weighted by Crippen LogP contribution is -2.31. The number of carbonyl (C=O) groups is 1. The van der Waals surface area contributed by atoms with E-state index in [1.807, 2.05) is 43.3 Å². The van der Waals surface area contributed by atoms with Gasteiger partial charge in [-0.15, -0.1) is 11.8 Å². The molecule has 6 heteroatoms. The average molecular weight is 394 g/mol. The van der Waals surface area contributed by atoms with Crippen molar-refractivity contribution < 1.29 is 9.21 Å². The van der Waals surface area contributed by atoms with Crippen molar-refractivity contribution in [3.05, 3.63) is 65.8 Å². The van der Waals surface area contributed by atoms with Crippen LogP contribution >= 0.6 is 11.8 Å². The Balaban J connectivity index is 1.98. The van der Waals surface area contributed by atoms with Crippen molar-refractivity contribution in [2.75, 3.05) is 11.1 Å². The number of thioether (sulfide) groups is 1. The smallest absolute Gasteiger partial charge is 0.254 e. The molecule has 3 rings (SSSR count). The highest BCUT2D eigenvalue weighted by Crippen LogP contribution is 2.41. The third-order valence-electron chi connectivity index (χ3n) is 4.59. The van der Waals surface area contributed by atoms with Crippen LogP contribution in [-0.2, 0) is 4.79 Å². The molecule has 0 radical (unpaired) electrons. The SMILES string of the molecule is CCCCSC1=NC(C)=C(C(=O)Nc2ccccc2)[C@H](c2ccco2)C1C#N. The number of anilines is 1. The minimum atomic E-state index is -0.548. The Morgan fingerprint density at radius 1 is 1.29 bits per heavy atom. The van der Waals surface area contributed by atoms with E-state index in [0.717, 1.165) is 23.6 Å². The number of aliphatic imine (C=N–C) groups is 1. The van der Waals surface area contributed by atoms with Gasteiger partial charge in [0.25, 0.3) is 5.91 Å². The lowest BCUT2D eigenvalue weighted by molar-refractivity contribution is -0.113. The van der Waals surface area contributed by atoms with Crippen molar-refractivity contribution in [1.29, 1.82) is 5.26 Å². The van der Waals surface area contributed by atoms with Crippen molar-refractivity contribution in [1.82, 2.24) is 0 Å². The second kappa shape index (κ2) is 9.43. The Kier molecular flexibility index (Phi) is 6.72. The van der Waals surface area contributed by atoms with E-state index in [0.29, 0.717) is 22.7 Å². The zero-order chi connectivity index (χ0) is 19.9. The number of allylic oxidation sites excluding steroid dienone is 1. The fourth-order valence-corrected chi connectivity index (χ4v) is 4.41. The van der Waals surface area contributed by atoms with Crippen LogP contribution in [0.2, 0.25) is 0 Å². The lowest BCUT2D eigenvalue weighted by Gasteiger charge is -2.28. The molecule has 0 spiro atoms. The van der Waals surface area contributed by atoms with Gasteiger partial charge in [-0.05, 0) is 43.4 Å². The first-order valence-electron chi connectivity index (χ1n) is 9.37. The van der Waals surface area contributed by atoms with E-state index in [4.69, 9.17) is 4.42 Å². The van der Waals surface area contributed by atoms with Crippen molar-refractivity contribution in [2.45, 2.75) is 32.6 Å². The van der Waals surface area contributed by atoms with E-state index in [9.17, 15) is 10.1 Å². The largest absolute Gasteiger partial charge is 0.469 e. The van der Waals surface area contributed by atoms with E-state index in [-0.39, 0.29) is 5.91 Å². The first kappa shape index (κ1) is 20.0. The molecule has 2 atom stereocenters. The van der Waals surface area contributed by atoms with Crippen LogP contribution in [0.3, 0.4) is 0 Å². The van der Waals surface area contributed by atoms with Gasteiger partial charge in [-0.2, -0.15) is 5.26 Å². The van der Waals surface area contributed by atoms with Crippen molar-refractivity contribution >= 4 is 28.4 Å². The molecule has 0 aliphatic carbocycles. The molecule has 1 aliphatic rings. The van der Waals surface area contributed by atoms with Gasteiger partial charge in [0.15, 0.2) is 0 Å². The first-order chi connectivity index (χ1) is 13.7. The van der Waals surface area contributed by atoms with Gasteiger partial charge in [-0.3, -0.25) is 4.79 Å². The summed E-state index contributed by atoms with van der Waals surface area (Å²) in [6, 6.07) is 15.2. The number of carbonyl (C=O) groups excluding carboxylic acids is 1. The molecule has 0 saturated heterocycles. The molecule has 5 nitrogen and oxygen atoms in total. The van der Waals surface area contributed by atoms with E-state index in [1.54, 1.807) is 24.1 Å². The summed E-state index contributed by atoms with van der Waals surface area (Å²) in [4.78, 5) is 17.8. The second-order valence-corrected chi connectivity index (χ2v) is 7.69. The summed E-state index contributed by atoms with van der Waals surface area (Å²) in [5.74, 6) is 0.217. The summed E-state index contributed by atoms with van der Waals surface area (Å²) in [6.45, 7) is 3.96. The molecule has 2 heterocycles. The number of amides is 1. The van der Waals surface area contributed by atoms with Gasteiger partial charge in [0.2, 0.25) is 0 Å². The van der Waals surface area contributed by atoms with Gasteiger partial charge in [-0.1, -0.05) is 31.5 Å². The predicted octanol–water partition coefficient (Wildman–Crippen LogP) is 5.36. The van der Waals surface area contributed by atoms with E-state index < -0.39 is 11.8 Å². The van der Waals surface area contributed by atoms with Crippen LogP contribution in [0.25, 0.3) is 0 Å². The van der Waals surface area contributed by atoms with E-state index in [1.165, 1.54) is 0 Å². The molecule has 1 aromatic carbocycles. The maximum Gasteiger partial charge on any atom is 0.254 e. The highest BCUT2D eigenvalue weighted by Gasteiger charge is 2.40. The predicted molar refractivity (Wildman–Crippen MR) is 113 cm³/mol. The topological polar surface area (TPSA) is 78.4 Å². The van der Waals surface area contributed by atoms with Crippen molar-refractivity contribution in [2.24, 2.45) is 10.9 Å². The number of rotatable bonds is 6. The summed E-state index contributed by atoms with van der Waals surface area (Å²) < 4.78 is 5.63. The number of nitriles is 1. The molecule has 0 fully saturated rings. The molecule has 1 amide bonds. The van der Waals surface area contributed by atoms with Crippen molar-refractivity contribution in [3.63, 3.8) is 0 Å². The van der Waals surface area contributed by atoms with Gasteiger partial charge >= 0.3 is 0 Å². The Morgan fingerprint density at radius 3 is 2.71 bits per heavy atom. The number of nitrogens with one attached hydrogen (secondary N) is 1. The molecule has 1 aliphatic heterocycles. The standard InChI is InChI=1S/C22H23N3O2S/c1-3-4-13-28-22-17(14-23)20(18-11-8-12-27-18)19(15(2)24-22)21(26)25-16-9-6-5-7-10-16/h5-12,17,20H,3-4,13H2,1-2H3,(H,25,26)/t17?,20-/m0/s1. The minimum Gasteiger partial charge on any atom is -0.469 e. The average Bonchev–Trinajstić information content (AvgIpc) is 3.23.